The highest BCUT2D eigenvalue weighted by Crippen LogP contribution is 2.48. The first kappa shape index (κ1) is 12.8. The number of ketones is 2. The van der Waals surface area contributed by atoms with Crippen molar-refractivity contribution in [2.75, 3.05) is 0 Å². The van der Waals surface area contributed by atoms with Crippen molar-refractivity contribution >= 4 is 17.5 Å². The minimum absolute atomic E-state index is 0.0846. The van der Waals surface area contributed by atoms with Crippen LogP contribution < -0.4 is 0 Å². The van der Waals surface area contributed by atoms with Crippen LogP contribution in [0.1, 0.15) is 44.9 Å². The molecule has 0 amide bonds. The number of Topliss-reactive ketones (excluding diaryl/α,β-unsaturated/α-hetero) is 2. The third-order valence-electron chi connectivity index (χ3n) is 5.41. The number of carboxylic acid groups (broad SMARTS) is 1. The molecule has 104 valence electrons. The fourth-order valence-corrected chi connectivity index (χ4v) is 4.52. The molecule has 3 saturated carbocycles. The van der Waals surface area contributed by atoms with E-state index in [9.17, 15) is 19.5 Å². The van der Waals surface area contributed by atoms with Crippen molar-refractivity contribution in [1.82, 2.24) is 0 Å². The molecule has 5 atom stereocenters. The molecule has 0 saturated heterocycles. The molecular formula is C15H20O4. The van der Waals surface area contributed by atoms with Crippen LogP contribution in [0.4, 0.5) is 0 Å². The second kappa shape index (κ2) is 4.73. The van der Waals surface area contributed by atoms with E-state index in [0.29, 0.717) is 12.8 Å². The van der Waals surface area contributed by atoms with Crippen LogP contribution in [0, 0.1) is 29.6 Å². The van der Waals surface area contributed by atoms with Gasteiger partial charge in [0.15, 0.2) is 0 Å². The first-order chi connectivity index (χ1) is 9.11. The Labute approximate surface area is 112 Å². The number of carbonyl (C=O) groups excluding carboxylic acids is 2. The van der Waals surface area contributed by atoms with Gasteiger partial charge in [0.2, 0.25) is 0 Å². The lowest BCUT2D eigenvalue weighted by molar-refractivity contribution is -0.161. The number of rotatable bonds is 1. The number of carboxylic acids is 1. The van der Waals surface area contributed by atoms with Crippen LogP contribution in [0.15, 0.2) is 0 Å². The maximum atomic E-state index is 12.6. The topological polar surface area (TPSA) is 71.4 Å². The first-order valence-electron chi connectivity index (χ1n) is 7.41. The molecule has 19 heavy (non-hydrogen) atoms. The molecule has 3 rings (SSSR count). The summed E-state index contributed by atoms with van der Waals surface area (Å²) in [5.41, 5.74) is 0. The second-order valence-electron chi connectivity index (χ2n) is 6.31. The smallest absolute Gasteiger partial charge is 0.307 e. The third kappa shape index (κ3) is 1.92. The number of hydrogen-bond acceptors (Lipinski definition) is 3. The normalized spacial score (nSPS) is 42.4. The van der Waals surface area contributed by atoms with E-state index >= 15 is 0 Å². The predicted molar refractivity (Wildman–Crippen MR) is 67.4 cm³/mol. The Morgan fingerprint density at radius 1 is 0.842 bits per heavy atom. The van der Waals surface area contributed by atoms with Crippen LogP contribution in [0.2, 0.25) is 0 Å². The summed E-state index contributed by atoms with van der Waals surface area (Å²) in [5, 5.41) is 9.31. The van der Waals surface area contributed by atoms with Crippen LogP contribution >= 0.6 is 0 Å². The summed E-state index contributed by atoms with van der Waals surface area (Å²) in [5.74, 6) is -2.36. The molecule has 0 aromatic rings. The van der Waals surface area contributed by atoms with E-state index in [0.717, 1.165) is 32.1 Å². The van der Waals surface area contributed by atoms with Gasteiger partial charge in [-0.15, -0.1) is 0 Å². The molecule has 3 aliphatic rings. The van der Waals surface area contributed by atoms with E-state index in [1.807, 2.05) is 0 Å². The lowest BCUT2D eigenvalue weighted by Crippen LogP contribution is -2.53. The van der Waals surface area contributed by atoms with E-state index in [-0.39, 0.29) is 29.3 Å². The molecule has 0 aliphatic heterocycles. The third-order valence-corrected chi connectivity index (χ3v) is 5.41. The fraction of sp³-hybridized carbons (Fsp3) is 0.800. The largest absolute Gasteiger partial charge is 0.481 e. The highest BCUT2D eigenvalue weighted by atomic mass is 16.4. The highest BCUT2D eigenvalue weighted by Gasteiger charge is 2.54. The summed E-state index contributed by atoms with van der Waals surface area (Å²) in [6.07, 6.45) is 5.65. The Hall–Kier alpha value is -1.19. The standard InChI is InChI=1S/C15H20O4/c16-13-8-4-1-2-5-9(8)14(17)12-10(13)6-3-7-11(12)15(18)19/h8-12H,1-7H2,(H,18,19). The van der Waals surface area contributed by atoms with Gasteiger partial charge in [0.1, 0.15) is 11.6 Å². The molecule has 3 aliphatic carbocycles. The first-order valence-corrected chi connectivity index (χ1v) is 7.41. The predicted octanol–water partition coefficient (Wildman–Crippen LogP) is 2.06. The zero-order valence-electron chi connectivity index (χ0n) is 11.0. The van der Waals surface area contributed by atoms with Crippen molar-refractivity contribution in [2.45, 2.75) is 44.9 Å². The molecule has 4 heteroatoms. The van der Waals surface area contributed by atoms with E-state index in [1.54, 1.807) is 0 Å². The molecule has 0 bridgehead atoms. The Balaban J connectivity index is 1.94. The maximum Gasteiger partial charge on any atom is 0.307 e. The molecule has 0 spiro atoms. The minimum Gasteiger partial charge on any atom is -0.481 e. The van der Waals surface area contributed by atoms with Gasteiger partial charge in [-0.1, -0.05) is 19.3 Å². The van der Waals surface area contributed by atoms with E-state index in [2.05, 4.69) is 0 Å². The quantitative estimate of drug-likeness (QED) is 0.787. The summed E-state index contributed by atoms with van der Waals surface area (Å²) in [4.78, 5) is 36.6. The minimum atomic E-state index is -0.898. The second-order valence-corrected chi connectivity index (χ2v) is 6.31. The van der Waals surface area contributed by atoms with Crippen LogP contribution in [-0.4, -0.2) is 22.6 Å². The van der Waals surface area contributed by atoms with Gasteiger partial charge in [0, 0.05) is 23.7 Å². The van der Waals surface area contributed by atoms with Crippen LogP contribution in [-0.2, 0) is 14.4 Å². The van der Waals surface area contributed by atoms with Crippen molar-refractivity contribution in [2.24, 2.45) is 29.6 Å². The fourth-order valence-electron chi connectivity index (χ4n) is 4.52. The number of hydrogen-bond donors (Lipinski definition) is 1. The molecule has 0 aromatic carbocycles. The lowest BCUT2D eigenvalue weighted by Gasteiger charge is -2.45. The van der Waals surface area contributed by atoms with Gasteiger partial charge >= 0.3 is 5.97 Å². The highest BCUT2D eigenvalue weighted by molar-refractivity contribution is 6.01. The average Bonchev–Trinajstić information content (AvgIpc) is 2.44. The molecule has 0 aromatic heterocycles. The number of carbonyl (C=O) groups is 3. The Morgan fingerprint density at radius 3 is 2.05 bits per heavy atom. The summed E-state index contributed by atoms with van der Waals surface area (Å²) in [6, 6.07) is 0. The van der Waals surface area contributed by atoms with Crippen molar-refractivity contribution in [3.8, 4) is 0 Å². The molecule has 1 N–H and O–H groups in total. The molecule has 4 nitrogen and oxygen atoms in total. The van der Waals surface area contributed by atoms with E-state index < -0.39 is 17.8 Å². The van der Waals surface area contributed by atoms with E-state index in [4.69, 9.17) is 0 Å². The van der Waals surface area contributed by atoms with Gasteiger partial charge < -0.3 is 5.11 Å². The molecule has 0 heterocycles. The summed E-state index contributed by atoms with van der Waals surface area (Å²) >= 11 is 0. The van der Waals surface area contributed by atoms with Crippen molar-refractivity contribution in [1.29, 1.82) is 0 Å². The van der Waals surface area contributed by atoms with Crippen molar-refractivity contribution in [3.63, 3.8) is 0 Å². The maximum absolute atomic E-state index is 12.6. The van der Waals surface area contributed by atoms with Gasteiger partial charge in [0.25, 0.3) is 0 Å². The summed E-state index contributed by atoms with van der Waals surface area (Å²) < 4.78 is 0. The molecule has 0 radical (unpaired) electrons. The Bertz CT molecular complexity index is 428. The average molecular weight is 264 g/mol. The van der Waals surface area contributed by atoms with Gasteiger partial charge in [0.05, 0.1) is 5.92 Å². The molecule has 3 fully saturated rings. The lowest BCUT2D eigenvalue weighted by atomic mass is 9.56. The van der Waals surface area contributed by atoms with E-state index in [1.165, 1.54) is 0 Å². The van der Waals surface area contributed by atoms with Gasteiger partial charge in [-0.2, -0.15) is 0 Å². The molecule has 5 unspecified atom stereocenters. The van der Waals surface area contributed by atoms with Crippen LogP contribution in [0.3, 0.4) is 0 Å². The number of fused-ring (bicyclic) bond motifs is 2. The summed E-state index contributed by atoms with van der Waals surface area (Å²) in [6.45, 7) is 0. The Kier molecular flexibility index (Phi) is 3.19. The SMILES string of the molecule is O=C(O)C1CCCC2C(=O)C3CCCCC3C(=O)C12. The summed E-state index contributed by atoms with van der Waals surface area (Å²) in [7, 11) is 0. The zero-order chi connectivity index (χ0) is 13.6. The van der Waals surface area contributed by atoms with Crippen LogP contribution in [0.25, 0.3) is 0 Å². The van der Waals surface area contributed by atoms with Crippen molar-refractivity contribution < 1.29 is 19.5 Å². The molecular weight excluding hydrogens is 244 g/mol. The monoisotopic (exact) mass is 264 g/mol. The van der Waals surface area contributed by atoms with Gasteiger partial charge in [-0.3, -0.25) is 14.4 Å². The van der Waals surface area contributed by atoms with Crippen LogP contribution in [0.5, 0.6) is 0 Å². The van der Waals surface area contributed by atoms with Gasteiger partial charge in [-0.05, 0) is 25.7 Å². The Morgan fingerprint density at radius 2 is 1.42 bits per heavy atom. The van der Waals surface area contributed by atoms with Crippen molar-refractivity contribution in [3.05, 3.63) is 0 Å². The van der Waals surface area contributed by atoms with Gasteiger partial charge in [-0.25, -0.2) is 0 Å². The zero-order valence-corrected chi connectivity index (χ0v) is 11.0. The number of aliphatic carboxylic acids is 1.